The van der Waals surface area contributed by atoms with E-state index in [1.807, 2.05) is 6.92 Å². The molecule has 2 rings (SSSR count). The van der Waals surface area contributed by atoms with E-state index >= 15 is 0 Å². The molecule has 0 saturated heterocycles. The van der Waals surface area contributed by atoms with E-state index in [2.05, 4.69) is 0 Å². The third-order valence-corrected chi connectivity index (χ3v) is 3.05. The summed E-state index contributed by atoms with van der Waals surface area (Å²) in [5, 5.41) is 0. The number of benzene rings is 1. The van der Waals surface area contributed by atoms with E-state index in [1.54, 1.807) is 18.2 Å². The Balaban J connectivity index is 2.08. The SMILES string of the molecule is CCOc1cc(N)cc(C(=O)OC2CCCC2)c1. The summed E-state index contributed by atoms with van der Waals surface area (Å²) < 4.78 is 10.8. The number of esters is 1. The molecule has 0 aliphatic heterocycles. The van der Waals surface area contributed by atoms with E-state index in [0.29, 0.717) is 23.6 Å². The van der Waals surface area contributed by atoms with Crippen molar-refractivity contribution >= 4 is 11.7 Å². The van der Waals surface area contributed by atoms with Crippen LogP contribution in [0, 0.1) is 0 Å². The molecule has 1 fully saturated rings. The summed E-state index contributed by atoms with van der Waals surface area (Å²) in [6.07, 6.45) is 4.27. The maximum atomic E-state index is 12.0. The first-order valence-electron chi connectivity index (χ1n) is 6.43. The highest BCUT2D eigenvalue weighted by molar-refractivity contribution is 5.91. The second-order valence-electron chi connectivity index (χ2n) is 4.54. The van der Waals surface area contributed by atoms with Gasteiger partial charge in [-0.15, -0.1) is 0 Å². The zero-order valence-corrected chi connectivity index (χ0v) is 10.6. The number of anilines is 1. The molecule has 0 heterocycles. The van der Waals surface area contributed by atoms with Gasteiger partial charge < -0.3 is 15.2 Å². The molecule has 1 aromatic carbocycles. The summed E-state index contributed by atoms with van der Waals surface area (Å²) in [6, 6.07) is 5.01. The molecule has 1 aliphatic rings. The number of carbonyl (C=O) groups excluding carboxylic acids is 1. The van der Waals surface area contributed by atoms with E-state index < -0.39 is 0 Å². The summed E-state index contributed by atoms with van der Waals surface area (Å²) in [6.45, 7) is 2.43. The highest BCUT2D eigenvalue weighted by Gasteiger charge is 2.20. The summed E-state index contributed by atoms with van der Waals surface area (Å²) in [5.41, 5.74) is 6.72. The molecular weight excluding hydrogens is 230 g/mol. The van der Waals surface area contributed by atoms with Crippen LogP contribution in [0.15, 0.2) is 18.2 Å². The van der Waals surface area contributed by atoms with Crippen LogP contribution >= 0.6 is 0 Å². The lowest BCUT2D eigenvalue weighted by molar-refractivity contribution is 0.0317. The predicted molar refractivity (Wildman–Crippen MR) is 69.7 cm³/mol. The minimum Gasteiger partial charge on any atom is -0.494 e. The van der Waals surface area contributed by atoms with Gasteiger partial charge in [-0.25, -0.2) is 4.79 Å². The standard InChI is InChI=1S/C14H19NO3/c1-2-17-13-8-10(7-11(15)9-13)14(16)18-12-5-3-4-6-12/h7-9,12H,2-6,15H2,1H3. The van der Waals surface area contributed by atoms with Crippen molar-refractivity contribution in [1.82, 2.24) is 0 Å². The number of carbonyl (C=O) groups is 1. The molecule has 2 N–H and O–H groups in total. The van der Waals surface area contributed by atoms with Crippen LogP contribution in [-0.4, -0.2) is 18.7 Å². The lowest BCUT2D eigenvalue weighted by Crippen LogP contribution is -2.15. The Labute approximate surface area is 107 Å². The zero-order valence-electron chi connectivity index (χ0n) is 10.6. The highest BCUT2D eigenvalue weighted by Crippen LogP contribution is 2.24. The molecular formula is C14H19NO3. The molecule has 1 saturated carbocycles. The van der Waals surface area contributed by atoms with Crippen LogP contribution in [0.25, 0.3) is 0 Å². The summed E-state index contributed by atoms with van der Waals surface area (Å²) in [4.78, 5) is 12.0. The van der Waals surface area contributed by atoms with Crippen molar-refractivity contribution in [3.63, 3.8) is 0 Å². The van der Waals surface area contributed by atoms with Gasteiger partial charge >= 0.3 is 5.97 Å². The van der Waals surface area contributed by atoms with E-state index in [-0.39, 0.29) is 12.1 Å². The third-order valence-electron chi connectivity index (χ3n) is 3.05. The molecule has 0 aromatic heterocycles. The Kier molecular flexibility index (Phi) is 4.07. The lowest BCUT2D eigenvalue weighted by Gasteiger charge is -2.12. The van der Waals surface area contributed by atoms with Gasteiger partial charge in [-0.3, -0.25) is 0 Å². The van der Waals surface area contributed by atoms with Gasteiger partial charge in [-0.2, -0.15) is 0 Å². The Morgan fingerprint density at radius 3 is 2.72 bits per heavy atom. The molecule has 4 nitrogen and oxygen atoms in total. The van der Waals surface area contributed by atoms with E-state index in [4.69, 9.17) is 15.2 Å². The van der Waals surface area contributed by atoms with Crippen LogP contribution < -0.4 is 10.5 Å². The molecule has 0 amide bonds. The Hall–Kier alpha value is -1.71. The number of nitrogens with two attached hydrogens (primary N) is 1. The van der Waals surface area contributed by atoms with Gasteiger partial charge in [-0.1, -0.05) is 0 Å². The van der Waals surface area contributed by atoms with Crippen molar-refractivity contribution in [2.45, 2.75) is 38.7 Å². The Morgan fingerprint density at radius 2 is 2.06 bits per heavy atom. The molecule has 0 radical (unpaired) electrons. The van der Waals surface area contributed by atoms with Crippen molar-refractivity contribution in [1.29, 1.82) is 0 Å². The second-order valence-corrected chi connectivity index (χ2v) is 4.54. The maximum Gasteiger partial charge on any atom is 0.338 e. The van der Waals surface area contributed by atoms with Crippen LogP contribution in [0.5, 0.6) is 5.75 Å². The van der Waals surface area contributed by atoms with Crippen LogP contribution in [0.1, 0.15) is 43.0 Å². The Morgan fingerprint density at radius 1 is 1.33 bits per heavy atom. The van der Waals surface area contributed by atoms with Crippen molar-refractivity contribution in [3.8, 4) is 5.75 Å². The van der Waals surface area contributed by atoms with Crippen molar-refractivity contribution in [2.75, 3.05) is 12.3 Å². The molecule has 0 unspecified atom stereocenters. The largest absolute Gasteiger partial charge is 0.494 e. The molecule has 1 aliphatic carbocycles. The highest BCUT2D eigenvalue weighted by atomic mass is 16.5. The van der Waals surface area contributed by atoms with Crippen LogP contribution in [-0.2, 0) is 4.74 Å². The molecule has 0 spiro atoms. The fourth-order valence-electron chi connectivity index (χ4n) is 2.22. The molecule has 0 bridgehead atoms. The number of hydrogen-bond acceptors (Lipinski definition) is 4. The van der Waals surface area contributed by atoms with Crippen LogP contribution in [0.2, 0.25) is 0 Å². The normalized spacial score (nSPS) is 15.6. The first-order chi connectivity index (χ1) is 8.69. The third kappa shape index (κ3) is 3.15. The van der Waals surface area contributed by atoms with Crippen LogP contribution in [0.3, 0.4) is 0 Å². The second kappa shape index (κ2) is 5.76. The smallest absolute Gasteiger partial charge is 0.338 e. The molecule has 18 heavy (non-hydrogen) atoms. The topological polar surface area (TPSA) is 61.5 Å². The number of nitrogen functional groups attached to an aromatic ring is 1. The minimum absolute atomic E-state index is 0.0643. The van der Waals surface area contributed by atoms with Crippen molar-refractivity contribution in [3.05, 3.63) is 23.8 Å². The first kappa shape index (κ1) is 12.7. The Bertz CT molecular complexity index is 425. The molecule has 1 aromatic rings. The number of ether oxygens (including phenoxy) is 2. The number of hydrogen-bond donors (Lipinski definition) is 1. The van der Waals surface area contributed by atoms with Crippen molar-refractivity contribution < 1.29 is 14.3 Å². The van der Waals surface area contributed by atoms with Gasteiger partial charge in [0.05, 0.1) is 12.2 Å². The van der Waals surface area contributed by atoms with Gasteiger partial charge in [0.1, 0.15) is 11.9 Å². The van der Waals surface area contributed by atoms with Gasteiger partial charge in [0, 0.05) is 11.8 Å². The molecule has 4 heteroatoms. The molecule has 0 atom stereocenters. The summed E-state index contributed by atoms with van der Waals surface area (Å²) in [7, 11) is 0. The summed E-state index contributed by atoms with van der Waals surface area (Å²) in [5.74, 6) is 0.297. The fraction of sp³-hybridized carbons (Fsp3) is 0.500. The lowest BCUT2D eigenvalue weighted by atomic mass is 10.2. The van der Waals surface area contributed by atoms with Gasteiger partial charge in [0.2, 0.25) is 0 Å². The monoisotopic (exact) mass is 249 g/mol. The fourth-order valence-corrected chi connectivity index (χ4v) is 2.22. The van der Waals surface area contributed by atoms with E-state index in [1.165, 1.54) is 0 Å². The average molecular weight is 249 g/mol. The maximum absolute atomic E-state index is 12.0. The minimum atomic E-state index is -0.310. The van der Waals surface area contributed by atoms with Crippen molar-refractivity contribution in [2.24, 2.45) is 0 Å². The van der Waals surface area contributed by atoms with Gasteiger partial charge in [-0.05, 0) is 44.7 Å². The average Bonchev–Trinajstić information content (AvgIpc) is 2.81. The number of rotatable bonds is 4. The van der Waals surface area contributed by atoms with Gasteiger partial charge in [0.25, 0.3) is 0 Å². The first-order valence-corrected chi connectivity index (χ1v) is 6.43. The predicted octanol–water partition coefficient (Wildman–Crippen LogP) is 2.77. The van der Waals surface area contributed by atoms with Gasteiger partial charge in [0.15, 0.2) is 0 Å². The molecule has 98 valence electrons. The zero-order chi connectivity index (χ0) is 13.0. The quantitative estimate of drug-likeness (QED) is 0.658. The van der Waals surface area contributed by atoms with Crippen LogP contribution in [0.4, 0.5) is 5.69 Å². The summed E-state index contributed by atoms with van der Waals surface area (Å²) >= 11 is 0. The van der Waals surface area contributed by atoms with E-state index in [0.717, 1.165) is 25.7 Å². The van der Waals surface area contributed by atoms with E-state index in [9.17, 15) is 4.79 Å².